The molecule has 90 valence electrons. The molecule has 0 atom stereocenters. The molecule has 3 heteroatoms. The van der Waals surface area contributed by atoms with Gasteiger partial charge in [0, 0.05) is 25.4 Å². The van der Waals surface area contributed by atoms with E-state index < -0.39 is 0 Å². The number of rotatable bonds is 6. The number of aryl methyl sites for hydroxylation is 1. The molecule has 16 heavy (non-hydrogen) atoms. The summed E-state index contributed by atoms with van der Waals surface area (Å²) in [6, 6.07) is 6.52. The third-order valence-electron chi connectivity index (χ3n) is 2.76. The van der Waals surface area contributed by atoms with E-state index in [0.29, 0.717) is 6.54 Å². The third-order valence-corrected chi connectivity index (χ3v) is 3.35. The molecule has 0 fully saturated rings. The normalized spacial score (nSPS) is 11.1. The van der Waals surface area contributed by atoms with E-state index >= 15 is 0 Å². The Kier molecular flexibility index (Phi) is 5.88. The van der Waals surface area contributed by atoms with E-state index in [1.54, 1.807) is 0 Å². The van der Waals surface area contributed by atoms with Crippen LogP contribution < -0.4 is 5.73 Å². The Morgan fingerprint density at radius 2 is 2.12 bits per heavy atom. The molecule has 0 aliphatic heterocycles. The van der Waals surface area contributed by atoms with Crippen LogP contribution in [0, 0.1) is 6.92 Å². The standard InChI is InChI=1S/C13H22N2S/c1-11-8-12(9-14)4-5-13(11)10-15(2)6-7-16-3/h4-5,8H,6-7,9-10,14H2,1-3H3. The lowest BCUT2D eigenvalue weighted by Gasteiger charge is -2.17. The lowest BCUT2D eigenvalue weighted by molar-refractivity contribution is 0.348. The zero-order chi connectivity index (χ0) is 12.0. The van der Waals surface area contributed by atoms with Gasteiger partial charge in [-0.3, -0.25) is 0 Å². The van der Waals surface area contributed by atoms with E-state index in [0.717, 1.165) is 13.1 Å². The van der Waals surface area contributed by atoms with Crippen molar-refractivity contribution in [3.63, 3.8) is 0 Å². The van der Waals surface area contributed by atoms with Crippen LogP contribution in [0.25, 0.3) is 0 Å². The Bertz CT molecular complexity index is 326. The summed E-state index contributed by atoms with van der Waals surface area (Å²) in [7, 11) is 2.17. The van der Waals surface area contributed by atoms with E-state index in [1.807, 2.05) is 11.8 Å². The van der Waals surface area contributed by atoms with Crippen LogP contribution in [0.15, 0.2) is 18.2 Å². The van der Waals surface area contributed by atoms with E-state index in [2.05, 4.69) is 43.3 Å². The van der Waals surface area contributed by atoms with Crippen LogP contribution in [0.1, 0.15) is 16.7 Å². The van der Waals surface area contributed by atoms with Gasteiger partial charge in [-0.05, 0) is 36.9 Å². The van der Waals surface area contributed by atoms with Crippen LogP contribution in [0.3, 0.4) is 0 Å². The zero-order valence-electron chi connectivity index (χ0n) is 10.5. The van der Waals surface area contributed by atoms with E-state index in [4.69, 9.17) is 5.73 Å². The summed E-state index contributed by atoms with van der Waals surface area (Å²) in [5.41, 5.74) is 9.59. The number of benzene rings is 1. The quantitative estimate of drug-likeness (QED) is 0.824. The molecular formula is C13H22N2S. The minimum atomic E-state index is 0.628. The molecule has 2 nitrogen and oxygen atoms in total. The molecule has 0 bridgehead atoms. The average molecular weight is 238 g/mol. The first-order valence-electron chi connectivity index (χ1n) is 5.63. The summed E-state index contributed by atoms with van der Waals surface area (Å²) < 4.78 is 0. The van der Waals surface area contributed by atoms with Crippen LogP contribution >= 0.6 is 11.8 Å². The Labute approximate surface area is 103 Å². The van der Waals surface area contributed by atoms with Crippen molar-refractivity contribution in [1.29, 1.82) is 0 Å². The number of hydrogen-bond donors (Lipinski definition) is 1. The van der Waals surface area contributed by atoms with E-state index in [1.165, 1.54) is 22.4 Å². The fourth-order valence-electron chi connectivity index (χ4n) is 1.68. The first-order chi connectivity index (χ1) is 7.67. The van der Waals surface area contributed by atoms with Crippen molar-refractivity contribution in [2.45, 2.75) is 20.0 Å². The third kappa shape index (κ3) is 4.16. The number of nitrogens with two attached hydrogens (primary N) is 1. The molecule has 0 unspecified atom stereocenters. The minimum absolute atomic E-state index is 0.628. The smallest absolute Gasteiger partial charge is 0.0233 e. The summed E-state index contributed by atoms with van der Waals surface area (Å²) >= 11 is 1.89. The first-order valence-corrected chi connectivity index (χ1v) is 7.02. The maximum Gasteiger partial charge on any atom is 0.0233 e. The van der Waals surface area contributed by atoms with Crippen molar-refractivity contribution in [2.75, 3.05) is 25.6 Å². The van der Waals surface area contributed by atoms with Crippen molar-refractivity contribution < 1.29 is 0 Å². The van der Waals surface area contributed by atoms with Gasteiger partial charge in [0.1, 0.15) is 0 Å². The second kappa shape index (κ2) is 6.94. The summed E-state index contributed by atoms with van der Waals surface area (Å²) in [5, 5.41) is 0. The molecule has 2 N–H and O–H groups in total. The van der Waals surface area contributed by atoms with Crippen LogP contribution in [0.2, 0.25) is 0 Å². The predicted octanol–water partition coefficient (Wildman–Crippen LogP) is 2.25. The zero-order valence-corrected chi connectivity index (χ0v) is 11.3. The van der Waals surface area contributed by atoms with Gasteiger partial charge in [0.25, 0.3) is 0 Å². The van der Waals surface area contributed by atoms with Crippen LogP contribution in [0.4, 0.5) is 0 Å². The maximum atomic E-state index is 5.62. The number of nitrogens with zero attached hydrogens (tertiary/aromatic N) is 1. The Balaban J connectivity index is 2.59. The van der Waals surface area contributed by atoms with E-state index in [-0.39, 0.29) is 0 Å². The molecule has 0 aromatic heterocycles. The van der Waals surface area contributed by atoms with Crippen molar-refractivity contribution in [3.05, 3.63) is 34.9 Å². The molecule has 0 radical (unpaired) electrons. The van der Waals surface area contributed by atoms with Gasteiger partial charge in [0.05, 0.1) is 0 Å². The van der Waals surface area contributed by atoms with Crippen LogP contribution in [0.5, 0.6) is 0 Å². The molecule has 0 amide bonds. The predicted molar refractivity (Wildman–Crippen MR) is 73.8 cm³/mol. The van der Waals surface area contributed by atoms with E-state index in [9.17, 15) is 0 Å². The molecule has 0 aliphatic rings. The lowest BCUT2D eigenvalue weighted by Crippen LogP contribution is -2.21. The second-order valence-electron chi connectivity index (χ2n) is 4.20. The number of thioether (sulfide) groups is 1. The molecule has 0 saturated heterocycles. The fourth-order valence-corrected chi connectivity index (χ4v) is 2.17. The minimum Gasteiger partial charge on any atom is -0.326 e. The highest BCUT2D eigenvalue weighted by Crippen LogP contribution is 2.13. The lowest BCUT2D eigenvalue weighted by atomic mass is 10.0. The van der Waals surface area contributed by atoms with Gasteiger partial charge in [0.15, 0.2) is 0 Å². The summed E-state index contributed by atoms with van der Waals surface area (Å²) in [4.78, 5) is 2.36. The van der Waals surface area contributed by atoms with Crippen molar-refractivity contribution >= 4 is 11.8 Å². The Morgan fingerprint density at radius 3 is 2.69 bits per heavy atom. The van der Waals surface area contributed by atoms with Crippen LogP contribution in [-0.4, -0.2) is 30.5 Å². The molecule has 1 aromatic carbocycles. The molecule has 1 rings (SSSR count). The summed E-state index contributed by atoms with van der Waals surface area (Å²) in [6.45, 7) is 4.96. The van der Waals surface area contributed by atoms with Gasteiger partial charge in [-0.2, -0.15) is 11.8 Å². The van der Waals surface area contributed by atoms with Crippen LogP contribution in [-0.2, 0) is 13.1 Å². The van der Waals surface area contributed by atoms with Gasteiger partial charge < -0.3 is 10.6 Å². The Hall–Kier alpha value is -0.510. The SMILES string of the molecule is CSCCN(C)Cc1ccc(CN)cc1C. The first kappa shape index (κ1) is 13.6. The van der Waals surface area contributed by atoms with Gasteiger partial charge in [-0.15, -0.1) is 0 Å². The van der Waals surface area contributed by atoms with Crippen molar-refractivity contribution in [2.24, 2.45) is 5.73 Å². The molecule has 0 aliphatic carbocycles. The Morgan fingerprint density at radius 1 is 1.38 bits per heavy atom. The highest BCUT2D eigenvalue weighted by molar-refractivity contribution is 7.98. The highest BCUT2D eigenvalue weighted by Gasteiger charge is 2.03. The van der Waals surface area contributed by atoms with Gasteiger partial charge in [-0.25, -0.2) is 0 Å². The largest absolute Gasteiger partial charge is 0.326 e. The molecule has 1 aromatic rings. The van der Waals surface area contributed by atoms with Crippen molar-refractivity contribution in [1.82, 2.24) is 4.90 Å². The molecule has 0 heterocycles. The summed E-state index contributed by atoms with van der Waals surface area (Å²) in [5.74, 6) is 1.19. The highest BCUT2D eigenvalue weighted by atomic mass is 32.2. The van der Waals surface area contributed by atoms with Crippen molar-refractivity contribution in [3.8, 4) is 0 Å². The maximum absolute atomic E-state index is 5.62. The van der Waals surface area contributed by atoms with Gasteiger partial charge in [0.2, 0.25) is 0 Å². The molecule has 0 saturated carbocycles. The molecule has 0 spiro atoms. The summed E-state index contributed by atoms with van der Waals surface area (Å²) in [6.07, 6.45) is 2.15. The fraction of sp³-hybridized carbons (Fsp3) is 0.538. The molecular weight excluding hydrogens is 216 g/mol. The second-order valence-corrected chi connectivity index (χ2v) is 5.18. The van der Waals surface area contributed by atoms with Gasteiger partial charge in [-0.1, -0.05) is 18.2 Å². The topological polar surface area (TPSA) is 29.3 Å². The number of hydrogen-bond acceptors (Lipinski definition) is 3. The van der Waals surface area contributed by atoms with Gasteiger partial charge >= 0.3 is 0 Å². The monoisotopic (exact) mass is 238 g/mol. The average Bonchev–Trinajstić information content (AvgIpc) is 2.29.